The van der Waals surface area contributed by atoms with E-state index in [-0.39, 0.29) is 16.8 Å². The van der Waals surface area contributed by atoms with Crippen LogP contribution in [0.5, 0.6) is 0 Å². The highest BCUT2D eigenvalue weighted by molar-refractivity contribution is 5.88. The van der Waals surface area contributed by atoms with Crippen molar-refractivity contribution < 1.29 is 14.5 Å². The minimum atomic E-state index is -0.693. The highest BCUT2D eigenvalue weighted by Gasteiger charge is 2.30. The van der Waals surface area contributed by atoms with E-state index in [0.29, 0.717) is 17.0 Å². The molecule has 2 radical (unpaired) electrons. The van der Waals surface area contributed by atoms with E-state index in [2.05, 4.69) is 5.32 Å². The van der Waals surface area contributed by atoms with Gasteiger partial charge in [0, 0.05) is 40.6 Å². The largest absolute Gasteiger partial charge is 0.362 e. The van der Waals surface area contributed by atoms with Crippen LogP contribution in [0.15, 0.2) is 46.8 Å². The van der Waals surface area contributed by atoms with Crippen LogP contribution in [0.2, 0.25) is 0 Å². The van der Waals surface area contributed by atoms with Crippen LogP contribution in [0.4, 0.5) is 5.69 Å². The third kappa shape index (κ3) is 2.60. The summed E-state index contributed by atoms with van der Waals surface area (Å²) in [7, 11) is 0. The van der Waals surface area contributed by atoms with Gasteiger partial charge in [0.25, 0.3) is 5.69 Å². The fourth-order valence-electron chi connectivity index (χ4n) is 2.42. The van der Waals surface area contributed by atoms with Crippen molar-refractivity contribution in [3.8, 4) is 0 Å². The fraction of sp³-hybridized carbons (Fsp3) is 0.200. The zero-order valence-electron chi connectivity index (χ0n) is 11.5. The van der Waals surface area contributed by atoms with Crippen LogP contribution >= 0.6 is 0 Å². The van der Waals surface area contributed by atoms with Gasteiger partial charge in [-0.25, -0.2) is 0 Å². The lowest BCUT2D eigenvalue weighted by Crippen LogP contribution is -2.25. The Morgan fingerprint density at radius 3 is 2.19 bits per heavy atom. The summed E-state index contributed by atoms with van der Waals surface area (Å²) in [4.78, 5) is 32.8. The summed E-state index contributed by atoms with van der Waals surface area (Å²) < 4.78 is 0. The first-order valence-electron chi connectivity index (χ1n) is 6.18. The summed E-state index contributed by atoms with van der Waals surface area (Å²) in [6.07, 6.45) is 3.64. The number of non-ortho nitro benzene ring substituents is 1. The second-order valence-electron chi connectivity index (χ2n) is 4.69. The van der Waals surface area contributed by atoms with E-state index in [4.69, 9.17) is 0 Å². The summed E-state index contributed by atoms with van der Waals surface area (Å²) in [5.74, 6) is -0.693. The first kappa shape index (κ1) is 14.6. The Bertz CT molecular complexity index is 659. The van der Waals surface area contributed by atoms with E-state index < -0.39 is 10.8 Å². The molecule has 1 aromatic carbocycles. The number of dihydropyridines is 1. The van der Waals surface area contributed by atoms with Gasteiger partial charge in [0.1, 0.15) is 0 Å². The molecule has 0 atom stereocenters. The second-order valence-corrected chi connectivity index (χ2v) is 4.69. The number of nitrogens with zero attached hydrogens (tertiary/aromatic N) is 1. The van der Waals surface area contributed by atoms with E-state index in [0.717, 1.165) is 0 Å². The number of carbonyl (C=O) groups excluding carboxylic acids is 2. The van der Waals surface area contributed by atoms with E-state index in [1.54, 1.807) is 19.9 Å². The molecule has 6 nitrogen and oxygen atoms in total. The minimum Gasteiger partial charge on any atom is -0.362 e. The average molecular weight is 284 g/mol. The Labute approximate surface area is 121 Å². The topological polar surface area (TPSA) is 89.3 Å². The maximum atomic E-state index is 11.2. The van der Waals surface area contributed by atoms with Crippen LogP contribution in [0, 0.1) is 10.1 Å². The number of nitrogens with one attached hydrogen (secondary N) is 1. The molecule has 0 unspecified atom stereocenters. The lowest BCUT2D eigenvalue weighted by molar-refractivity contribution is -0.384. The van der Waals surface area contributed by atoms with Crippen molar-refractivity contribution in [2.75, 3.05) is 0 Å². The van der Waals surface area contributed by atoms with Gasteiger partial charge in [0.15, 0.2) is 0 Å². The number of allylic oxidation sites excluding steroid dienone is 4. The van der Waals surface area contributed by atoms with E-state index in [1.807, 2.05) is 12.6 Å². The molecule has 0 aromatic heterocycles. The Morgan fingerprint density at radius 2 is 1.71 bits per heavy atom. The van der Waals surface area contributed by atoms with Gasteiger partial charge in [-0.05, 0) is 19.4 Å². The number of hydrogen-bond acceptors (Lipinski definition) is 5. The average Bonchev–Trinajstić information content (AvgIpc) is 2.46. The maximum absolute atomic E-state index is 11.2. The third-order valence-electron chi connectivity index (χ3n) is 3.39. The molecule has 0 saturated heterocycles. The molecule has 106 valence electrons. The number of nitro benzene ring substituents is 1. The summed E-state index contributed by atoms with van der Waals surface area (Å²) in [5, 5.41) is 13.8. The van der Waals surface area contributed by atoms with Crippen LogP contribution < -0.4 is 5.32 Å². The second kappa shape index (κ2) is 5.70. The summed E-state index contributed by atoms with van der Waals surface area (Å²) >= 11 is 0. The highest BCUT2D eigenvalue weighted by atomic mass is 16.6. The van der Waals surface area contributed by atoms with Crippen LogP contribution in [-0.2, 0) is 9.59 Å². The number of rotatable bonds is 4. The van der Waals surface area contributed by atoms with Gasteiger partial charge >= 0.3 is 0 Å². The molecule has 0 bridgehead atoms. The first-order chi connectivity index (χ1) is 9.99. The van der Waals surface area contributed by atoms with E-state index in [9.17, 15) is 19.7 Å². The monoisotopic (exact) mass is 284 g/mol. The SMILES string of the molecule is CC1=C([C]=O)C(c2cccc([N+](=O)[O-])c2)C([C]=O)=C(C)N1. The lowest BCUT2D eigenvalue weighted by Gasteiger charge is -2.26. The Balaban J connectivity index is 2.63. The van der Waals surface area contributed by atoms with Gasteiger partial charge in [-0.3, -0.25) is 19.7 Å². The molecule has 2 rings (SSSR count). The number of hydrogen-bond donors (Lipinski definition) is 1. The molecule has 0 spiro atoms. The summed E-state index contributed by atoms with van der Waals surface area (Å²) in [6, 6.07) is 5.86. The normalized spacial score (nSPS) is 15.7. The fourth-order valence-corrected chi connectivity index (χ4v) is 2.42. The molecule has 1 N–H and O–H groups in total. The molecule has 1 aromatic rings. The smallest absolute Gasteiger partial charge is 0.269 e. The molecule has 0 aliphatic carbocycles. The third-order valence-corrected chi connectivity index (χ3v) is 3.39. The van der Waals surface area contributed by atoms with Crippen molar-refractivity contribution in [2.45, 2.75) is 19.8 Å². The van der Waals surface area contributed by atoms with Gasteiger partial charge in [-0.1, -0.05) is 12.1 Å². The van der Waals surface area contributed by atoms with Crippen molar-refractivity contribution in [3.05, 3.63) is 62.5 Å². The zero-order chi connectivity index (χ0) is 15.6. The minimum absolute atomic E-state index is 0.100. The van der Waals surface area contributed by atoms with Crippen molar-refractivity contribution >= 4 is 18.3 Å². The van der Waals surface area contributed by atoms with Gasteiger partial charge < -0.3 is 5.32 Å². The molecular formula is C15H12N2O4. The summed E-state index contributed by atoms with van der Waals surface area (Å²) in [6.45, 7) is 3.38. The predicted molar refractivity (Wildman–Crippen MR) is 75.8 cm³/mol. The van der Waals surface area contributed by atoms with Crippen molar-refractivity contribution in [2.24, 2.45) is 0 Å². The van der Waals surface area contributed by atoms with Crippen molar-refractivity contribution in [1.82, 2.24) is 5.32 Å². The zero-order valence-corrected chi connectivity index (χ0v) is 11.5. The van der Waals surface area contributed by atoms with Crippen molar-refractivity contribution in [3.63, 3.8) is 0 Å². The molecule has 1 aliphatic heterocycles. The number of nitro groups is 1. The molecule has 1 aliphatic rings. The van der Waals surface area contributed by atoms with Gasteiger partial charge in [0.2, 0.25) is 12.6 Å². The molecule has 0 saturated carbocycles. The first-order valence-corrected chi connectivity index (χ1v) is 6.18. The molecule has 1 heterocycles. The standard InChI is InChI=1S/C15H12N2O4/c1-9-13(7-18)15(14(8-19)10(2)16-9)11-4-3-5-12(6-11)17(20)21/h3-6,15-16H,1-2H3. The van der Waals surface area contributed by atoms with E-state index in [1.165, 1.54) is 18.2 Å². The quantitative estimate of drug-likeness (QED) is 0.675. The number of benzene rings is 1. The lowest BCUT2D eigenvalue weighted by atomic mass is 9.81. The Hall–Kier alpha value is -2.76. The molecular weight excluding hydrogens is 272 g/mol. The Kier molecular flexibility index (Phi) is 3.98. The Morgan fingerprint density at radius 1 is 1.14 bits per heavy atom. The molecule has 21 heavy (non-hydrogen) atoms. The van der Waals surface area contributed by atoms with E-state index >= 15 is 0 Å². The molecule has 0 fully saturated rings. The summed E-state index contributed by atoms with van der Waals surface area (Å²) in [5.41, 5.74) is 2.02. The van der Waals surface area contributed by atoms with Gasteiger partial charge in [-0.15, -0.1) is 0 Å². The van der Waals surface area contributed by atoms with Crippen molar-refractivity contribution in [1.29, 1.82) is 0 Å². The molecule has 0 amide bonds. The molecule has 6 heteroatoms. The van der Waals surface area contributed by atoms with Crippen LogP contribution in [0.1, 0.15) is 25.3 Å². The highest BCUT2D eigenvalue weighted by Crippen LogP contribution is 2.36. The predicted octanol–water partition coefficient (Wildman–Crippen LogP) is 2.05. The van der Waals surface area contributed by atoms with Crippen LogP contribution in [0.3, 0.4) is 0 Å². The van der Waals surface area contributed by atoms with Crippen LogP contribution in [-0.4, -0.2) is 17.5 Å². The maximum Gasteiger partial charge on any atom is 0.269 e. The van der Waals surface area contributed by atoms with Crippen LogP contribution in [0.25, 0.3) is 0 Å². The van der Waals surface area contributed by atoms with Gasteiger partial charge in [-0.2, -0.15) is 0 Å². The van der Waals surface area contributed by atoms with Gasteiger partial charge in [0.05, 0.1) is 4.92 Å².